The van der Waals surface area contributed by atoms with E-state index in [0.717, 1.165) is 32.2 Å². The molecule has 2 unspecified atom stereocenters. The van der Waals surface area contributed by atoms with Crippen molar-refractivity contribution in [3.63, 3.8) is 0 Å². The van der Waals surface area contributed by atoms with Gasteiger partial charge in [0.2, 0.25) is 10.0 Å². The Morgan fingerprint density at radius 3 is 2.53 bits per heavy atom. The number of nitrogens with zero attached hydrogens (tertiary/aromatic N) is 1. The summed E-state index contributed by atoms with van der Waals surface area (Å²) in [6.45, 7) is 0.884. The molecule has 4 N–H and O–H groups in total. The lowest BCUT2D eigenvalue weighted by Gasteiger charge is -2.39. The minimum absolute atomic E-state index is 0.0912. The molecule has 0 aliphatic carbocycles. The van der Waals surface area contributed by atoms with Gasteiger partial charge in [-0.25, -0.2) is 13.1 Å². The molecular formula is C28H30N4O5S. The van der Waals surface area contributed by atoms with Crippen LogP contribution in [0.1, 0.15) is 43.2 Å². The zero-order valence-corrected chi connectivity index (χ0v) is 21.6. The molecule has 6 rings (SSSR count). The highest BCUT2D eigenvalue weighted by atomic mass is 32.2. The summed E-state index contributed by atoms with van der Waals surface area (Å²) in [7, 11) is -3.81. The maximum atomic E-state index is 13.5. The smallest absolute Gasteiger partial charge is 0.303 e. The standard InChI is InChI=1S/C28H30N4O5S/c33-25(34)11-6-18-15-29-27-26(18)23-14-22(9-10-24(23)30-28(27)35)38(36,37)31-19-12-20-7-8-21(13-19)32(20)16-17-4-2-1-3-5-17/h1-5,9-10,14-15,19-21,29,31H,6-8,11-13,16H2,(H,30,35)(H,33,34). The Balaban J connectivity index is 1.26. The van der Waals surface area contributed by atoms with Crippen LogP contribution in [0.5, 0.6) is 0 Å². The summed E-state index contributed by atoms with van der Waals surface area (Å²) >= 11 is 0. The molecule has 0 spiro atoms. The molecule has 4 aromatic rings. The molecule has 198 valence electrons. The average Bonchev–Trinajstić information content (AvgIpc) is 3.41. The second-order valence-electron chi connectivity index (χ2n) is 10.5. The number of carbonyl (C=O) groups is 1. The Hall–Kier alpha value is -3.47. The predicted octanol–water partition coefficient (Wildman–Crippen LogP) is 3.50. The highest BCUT2D eigenvalue weighted by molar-refractivity contribution is 7.89. The lowest BCUT2D eigenvalue weighted by Crippen LogP contribution is -2.49. The molecule has 0 radical (unpaired) electrons. The maximum absolute atomic E-state index is 13.5. The lowest BCUT2D eigenvalue weighted by atomic mass is 9.97. The first-order valence-corrected chi connectivity index (χ1v) is 14.5. The van der Waals surface area contributed by atoms with Gasteiger partial charge in [-0.15, -0.1) is 0 Å². The number of nitrogens with one attached hydrogen (secondary N) is 3. The SMILES string of the molecule is O=C(O)CCc1c[nH]c2c(=O)[nH]c3ccc(S(=O)(=O)NC4CC5CCC(C4)N5Cc4ccccc4)cc3c12. The number of H-pyrrole nitrogens is 2. The molecule has 2 bridgehead atoms. The van der Waals surface area contributed by atoms with Crippen molar-refractivity contribution in [1.82, 2.24) is 19.6 Å². The second-order valence-corrected chi connectivity index (χ2v) is 12.2. The maximum Gasteiger partial charge on any atom is 0.303 e. The van der Waals surface area contributed by atoms with E-state index in [4.69, 9.17) is 5.11 Å². The number of carboxylic acids is 1. The van der Waals surface area contributed by atoms with Crippen molar-refractivity contribution in [3.05, 3.63) is 76.2 Å². The molecule has 2 saturated heterocycles. The molecule has 2 atom stereocenters. The number of carboxylic acid groups (broad SMARTS) is 1. The van der Waals surface area contributed by atoms with Gasteiger partial charge in [0.15, 0.2) is 0 Å². The fraction of sp³-hybridized carbons (Fsp3) is 0.357. The number of piperidine rings is 1. The normalized spacial score (nSPS) is 21.8. The average molecular weight is 535 g/mol. The van der Waals surface area contributed by atoms with E-state index in [0.29, 0.717) is 39.5 Å². The molecule has 2 aliphatic heterocycles. The van der Waals surface area contributed by atoms with Gasteiger partial charge >= 0.3 is 5.97 Å². The number of fused-ring (bicyclic) bond motifs is 5. The van der Waals surface area contributed by atoms with Crippen LogP contribution in [0.4, 0.5) is 0 Å². The number of rotatable bonds is 8. The molecule has 10 heteroatoms. The van der Waals surface area contributed by atoms with Crippen molar-refractivity contribution in [1.29, 1.82) is 0 Å². The van der Waals surface area contributed by atoms with E-state index in [1.54, 1.807) is 18.3 Å². The molecule has 2 fully saturated rings. The van der Waals surface area contributed by atoms with Crippen LogP contribution >= 0.6 is 0 Å². The van der Waals surface area contributed by atoms with Gasteiger partial charge < -0.3 is 15.1 Å². The molecule has 9 nitrogen and oxygen atoms in total. The highest BCUT2D eigenvalue weighted by Gasteiger charge is 2.41. The zero-order valence-electron chi connectivity index (χ0n) is 20.8. The van der Waals surface area contributed by atoms with Gasteiger partial charge in [0.25, 0.3) is 5.56 Å². The third kappa shape index (κ3) is 4.63. The van der Waals surface area contributed by atoms with Crippen LogP contribution in [0.15, 0.2) is 64.4 Å². The van der Waals surface area contributed by atoms with Crippen molar-refractivity contribution in [2.45, 2.75) is 68.1 Å². The summed E-state index contributed by atoms with van der Waals surface area (Å²) in [5.41, 5.74) is 2.42. The molecule has 2 aromatic heterocycles. The van der Waals surface area contributed by atoms with Crippen molar-refractivity contribution >= 4 is 37.8 Å². The van der Waals surface area contributed by atoms with E-state index >= 15 is 0 Å². The summed E-state index contributed by atoms with van der Waals surface area (Å²) in [6, 6.07) is 15.6. The third-order valence-corrected chi connectivity index (χ3v) is 9.55. The van der Waals surface area contributed by atoms with E-state index in [1.165, 1.54) is 11.6 Å². The number of aryl methyl sites for hydroxylation is 1. The number of hydrogen-bond donors (Lipinski definition) is 4. The van der Waals surface area contributed by atoms with E-state index in [-0.39, 0.29) is 29.3 Å². The van der Waals surface area contributed by atoms with Crippen molar-refractivity contribution in [2.24, 2.45) is 0 Å². The quantitative estimate of drug-likeness (QED) is 0.273. The first kappa shape index (κ1) is 24.8. The molecule has 0 amide bonds. The Morgan fingerprint density at radius 1 is 1.08 bits per heavy atom. The summed E-state index contributed by atoms with van der Waals surface area (Å²) in [4.78, 5) is 32.1. The van der Waals surface area contributed by atoms with Gasteiger partial charge in [0.1, 0.15) is 5.52 Å². The Bertz CT molecular complexity index is 1660. The van der Waals surface area contributed by atoms with Gasteiger partial charge in [0, 0.05) is 53.6 Å². The third-order valence-electron chi connectivity index (χ3n) is 8.03. The Morgan fingerprint density at radius 2 is 1.82 bits per heavy atom. The summed E-state index contributed by atoms with van der Waals surface area (Å²) < 4.78 is 30.0. The van der Waals surface area contributed by atoms with E-state index in [1.807, 2.05) is 18.2 Å². The minimum Gasteiger partial charge on any atom is -0.481 e. The molecule has 2 aliphatic rings. The van der Waals surface area contributed by atoms with Crippen LogP contribution in [-0.4, -0.2) is 52.5 Å². The van der Waals surface area contributed by atoms with Crippen LogP contribution in [0, 0.1) is 0 Å². The first-order chi connectivity index (χ1) is 18.3. The van der Waals surface area contributed by atoms with Gasteiger partial charge in [-0.2, -0.15) is 0 Å². The van der Waals surface area contributed by atoms with Gasteiger partial charge in [0.05, 0.1) is 4.90 Å². The van der Waals surface area contributed by atoms with Crippen LogP contribution in [-0.2, 0) is 27.8 Å². The number of hydrogen-bond acceptors (Lipinski definition) is 5. The first-order valence-electron chi connectivity index (χ1n) is 13.0. The van der Waals surface area contributed by atoms with Gasteiger partial charge in [-0.3, -0.25) is 14.5 Å². The topological polar surface area (TPSA) is 135 Å². The summed E-state index contributed by atoms with van der Waals surface area (Å²) in [6.07, 6.45) is 5.45. The van der Waals surface area contributed by atoms with Crippen LogP contribution in [0.2, 0.25) is 0 Å². The fourth-order valence-electron chi connectivity index (χ4n) is 6.29. The van der Waals surface area contributed by atoms with Crippen molar-refractivity contribution in [2.75, 3.05) is 0 Å². The Labute approximate surface area is 219 Å². The van der Waals surface area contributed by atoms with Gasteiger partial charge in [-0.05, 0) is 61.4 Å². The number of aliphatic carboxylic acids is 1. The van der Waals surface area contributed by atoms with E-state index in [9.17, 15) is 18.0 Å². The Kier molecular flexibility index (Phi) is 6.33. The second kappa shape index (κ2) is 9.68. The van der Waals surface area contributed by atoms with Crippen LogP contribution < -0.4 is 10.3 Å². The summed E-state index contributed by atoms with van der Waals surface area (Å²) in [5.74, 6) is -0.940. The highest BCUT2D eigenvalue weighted by Crippen LogP contribution is 2.37. The van der Waals surface area contributed by atoms with Gasteiger partial charge in [-0.1, -0.05) is 30.3 Å². The van der Waals surface area contributed by atoms with E-state index < -0.39 is 16.0 Å². The molecule has 38 heavy (non-hydrogen) atoms. The predicted molar refractivity (Wildman–Crippen MR) is 145 cm³/mol. The zero-order chi connectivity index (χ0) is 26.4. The minimum atomic E-state index is -3.81. The van der Waals surface area contributed by atoms with Crippen molar-refractivity contribution < 1.29 is 18.3 Å². The van der Waals surface area contributed by atoms with Crippen LogP contribution in [0.3, 0.4) is 0 Å². The fourth-order valence-corrected chi connectivity index (χ4v) is 7.58. The van der Waals surface area contributed by atoms with E-state index in [2.05, 4.69) is 31.7 Å². The monoisotopic (exact) mass is 534 g/mol. The lowest BCUT2D eigenvalue weighted by molar-refractivity contribution is -0.136. The number of aromatic amines is 2. The van der Waals surface area contributed by atoms with Crippen LogP contribution in [0.25, 0.3) is 21.8 Å². The molecule has 0 saturated carbocycles. The molecular weight excluding hydrogens is 504 g/mol. The molecule has 2 aromatic carbocycles. The summed E-state index contributed by atoms with van der Waals surface area (Å²) in [5, 5.41) is 10.3. The largest absolute Gasteiger partial charge is 0.481 e. The number of benzene rings is 2. The number of sulfonamides is 1. The van der Waals surface area contributed by atoms with Crippen molar-refractivity contribution in [3.8, 4) is 0 Å². The number of pyridine rings is 1. The number of aromatic nitrogens is 2. The molecule has 4 heterocycles.